The molecule has 6 nitrogen and oxygen atoms in total. The quantitative estimate of drug-likeness (QED) is 0.508. The number of carbonyl (C=O) groups excluding carboxylic acids is 1. The zero-order valence-corrected chi connectivity index (χ0v) is 15.1. The van der Waals surface area contributed by atoms with Crippen molar-refractivity contribution >= 4 is 17.2 Å². The summed E-state index contributed by atoms with van der Waals surface area (Å²) >= 11 is 0. The lowest BCUT2D eigenvalue weighted by Gasteiger charge is -2.36. The molecule has 1 N–H and O–H groups in total. The fraction of sp³-hybridized carbons (Fsp3) is 0.350. The highest BCUT2D eigenvalue weighted by Crippen LogP contribution is 2.19. The normalized spacial score (nSPS) is 16.3. The number of quaternary nitrogens is 1. The van der Waals surface area contributed by atoms with E-state index in [0.717, 1.165) is 43.0 Å². The highest BCUT2D eigenvalue weighted by Gasteiger charge is 2.26. The van der Waals surface area contributed by atoms with E-state index in [1.807, 2.05) is 30.3 Å². The predicted molar refractivity (Wildman–Crippen MR) is 101 cm³/mol. The molecule has 1 atom stereocenters. The van der Waals surface area contributed by atoms with Crippen molar-refractivity contribution in [2.75, 3.05) is 31.1 Å². The molecule has 1 fully saturated rings. The van der Waals surface area contributed by atoms with Gasteiger partial charge >= 0.3 is 0 Å². The molecule has 1 aliphatic rings. The van der Waals surface area contributed by atoms with E-state index in [2.05, 4.69) is 11.8 Å². The molecule has 0 radical (unpaired) electrons. The van der Waals surface area contributed by atoms with Gasteiger partial charge in [-0.3, -0.25) is 14.9 Å². The number of Topliss-reactive ketones (excluding diaryl/α,β-unsaturated/α-hetero) is 1. The molecule has 136 valence electrons. The SMILES string of the molecule is CC(=O)c1ccc(N2CC[NH+]([C@H](C)c3cccc([N+](=O)[O-])c3)CC2)cc1. The van der Waals surface area contributed by atoms with E-state index in [4.69, 9.17) is 0 Å². The van der Waals surface area contributed by atoms with E-state index in [-0.39, 0.29) is 22.4 Å². The summed E-state index contributed by atoms with van der Waals surface area (Å²) in [5, 5.41) is 11.0. The average molecular weight is 354 g/mol. The lowest BCUT2D eigenvalue weighted by Crippen LogP contribution is -3.14. The Balaban J connectivity index is 1.63. The van der Waals surface area contributed by atoms with Gasteiger partial charge in [0.2, 0.25) is 0 Å². The monoisotopic (exact) mass is 354 g/mol. The standard InChI is InChI=1S/C20H23N3O3/c1-15(18-4-3-5-20(14-18)23(25)26)21-10-12-22(13-11-21)19-8-6-17(7-9-19)16(2)24/h3-9,14-15H,10-13H2,1-2H3/p+1/t15-/m1/s1. The zero-order chi connectivity index (χ0) is 18.7. The Bertz CT molecular complexity index is 796. The first-order valence-electron chi connectivity index (χ1n) is 8.90. The third-order valence-corrected chi connectivity index (χ3v) is 5.24. The van der Waals surface area contributed by atoms with Gasteiger partial charge in [-0.2, -0.15) is 0 Å². The molecule has 0 bridgehead atoms. The number of non-ortho nitro benzene ring substituents is 1. The number of nitro groups is 1. The van der Waals surface area contributed by atoms with E-state index in [9.17, 15) is 14.9 Å². The van der Waals surface area contributed by atoms with Gasteiger partial charge in [-0.05, 0) is 38.1 Å². The van der Waals surface area contributed by atoms with Gasteiger partial charge in [0.15, 0.2) is 5.78 Å². The highest BCUT2D eigenvalue weighted by molar-refractivity contribution is 5.94. The molecule has 26 heavy (non-hydrogen) atoms. The molecule has 1 heterocycles. The maximum atomic E-state index is 11.4. The molecule has 0 aromatic heterocycles. The maximum absolute atomic E-state index is 11.4. The van der Waals surface area contributed by atoms with Crippen molar-refractivity contribution < 1.29 is 14.6 Å². The maximum Gasteiger partial charge on any atom is 0.269 e. The Labute approximate surface area is 153 Å². The summed E-state index contributed by atoms with van der Waals surface area (Å²) in [7, 11) is 0. The first-order chi connectivity index (χ1) is 12.5. The van der Waals surface area contributed by atoms with Crippen LogP contribution in [0.25, 0.3) is 0 Å². The minimum Gasteiger partial charge on any atom is -0.360 e. The van der Waals surface area contributed by atoms with E-state index < -0.39 is 0 Å². The molecule has 1 saturated heterocycles. The summed E-state index contributed by atoms with van der Waals surface area (Å²) in [5.41, 5.74) is 3.03. The van der Waals surface area contributed by atoms with Gasteiger partial charge in [0.25, 0.3) is 5.69 Å². The number of nitrogens with one attached hydrogen (secondary N) is 1. The van der Waals surface area contributed by atoms with Crippen molar-refractivity contribution in [1.29, 1.82) is 0 Å². The van der Waals surface area contributed by atoms with Gasteiger partial charge in [-0.25, -0.2) is 0 Å². The number of anilines is 1. The van der Waals surface area contributed by atoms with E-state index in [1.165, 1.54) is 11.0 Å². The average Bonchev–Trinajstić information content (AvgIpc) is 2.67. The number of ketones is 1. The van der Waals surface area contributed by atoms with Gasteiger partial charge in [0.1, 0.15) is 6.04 Å². The zero-order valence-electron chi connectivity index (χ0n) is 15.1. The molecule has 1 aliphatic heterocycles. The van der Waals surface area contributed by atoms with Crippen LogP contribution in [0.2, 0.25) is 0 Å². The van der Waals surface area contributed by atoms with Crippen molar-refractivity contribution in [1.82, 2.24) is 0 Å². The van der Waals surface area contributed by atoms with Crippen LogP contribution in [0.4, 0.5) is 11.4 Å². The van der Waals surface area contributed by atoms with Crippen LogP contribution in [-0.2, 0) is 0 Å². The van der Waals surface area contributed by atoms with Crippen LogP contribution < -0.4 is 9.80 Å². The number of piperazine rings is 1. The molecule has 0 saturated carbocycles. The van der Waals surface area contributed by atoms with Crippen LogP contribution in [0.1, 0.15) is 35.8 Å². The Morgan fingerprint density at radius 1 is 1.15 bits per heavy atom. The minimum atomic E-state index is -0.339. The molecule has 2 aromatic carbocycles. The Morgan fingerprint density at radius 3 is 2.38 bits per heavy atom. The topological polar surface area (TPSA) is 67.9 Å². The van der Waals surface area contributed by atoms with Crippen molar-refractivity contribution in [3.8, 4) is 0 Å². The fourth-order valence-corrected chi connectivity index (χ4v) is 3.54. The van der Waals surface area contributed by atoms with E-state index >= 15 is 0 Å². The Hall–Kier alpha value is -2.73. The van der Waals surface area contributed by atoms with Crippen LogP contribution in [-0.4, -0.2) is 36.9 Å². The molecule has 2 aromatic rings. The summed E-state index contributed by atoms with van der Waals surface area (Å²) in [5.74, 6) is 0.0802. The fourth-order valence-electron chi connectivity index (χ4n) is 3.54. The second-order valence-electron chi connectivity index (χ2n) is 6.82. The lowest BCUT2D eigenvalue weighted by molar-refractivity contribution is -0.930. The summed E-state index contributed by atoms with van der Waals surface area (Å²) in [4.78, 5) is 25.8. The van der Waals surface area contributed by atoms with Gasteiger partial charge in [-0.15, -0.1) is 0 Å². The third-order valence-electron chi connectivity index (χ3n) is 5.24. The molecular formula is C20H24N3O3+. The second kappa shape index (κ2) is 7.66. The number of nitro benzene ring substituents is 1. The predicted octanol–water partition coefficient (Wildman–Crippen LogP) is 2.26. The van der Waals surface area contributed by atoms with Crippen LogP contribution >= 0.6 is 0 Å². The summed E-state index contributed by atoms with van der Waals surface area (Å²) in [6, 6.07) is 14.9. The minimum absolute atomic E-state index is 0.0802. The van der Waals surface area contributed by atoms with Gasteiger partial charge in [0.05, 0.1) is 31.1 Å². The molecular weight excluding hydrogens is 330 g/mol. The molecule has 0 aliphatic carbocycles. The summed E-state index contributed by atoms with van der Waals surface area (Å²) in [6.07, 6.45) is 0. The third kappa shape index (κ3) is 3.91. The molecule has 0 unspecified atom stereocenters. The Kier molecular flexibility index (Phi) is 5.32. The Morgan fingerprint density at radius 2 is 1.81 bits per heavy atom. The smallest absolute Gasteiger partial charge is 0.269 e. The number of rotatable bonds is 5. The lowest BCUT2D eigenvalue weighted by atomic mass is 10.0. The second-order valence-corrected chi connectivity index (χ2v) is 6.82. The van der Waals surface area contributed by atoms with Crippen LogP contribution in [0, 0.1) is 10.1 Å². The number of carbonyl (C=O) groups is 1. The van der Waals surface area contributed by atoms with E-state index in [0.29, 0.717) is 0 Å². The molecule has 0 amide bonds. The summed E-state index contributed by atoms with van der Waals surface area (Å²) in [6.45, 7) is 7.50. The van der Waals surface area contributed by atoms with E-state index in [1.54, 1.807) is 19.1 Å². The van der Waals surface area contributed by atoms with Gasteiger partial charge in [0, 0.05) is 28.9 Å². The highest BCUT2D eigenvalue weighted by atomic mass is 16.6. The number of benzene rings is 2. The largest absolute Gasteiger partial charge is 0.360 e. The van der Waals surface area contributed by atoms with Gasteiger partial charge in [-0.1, -0.05) is 12.1 Å². The number of hydrogen-bond acceptors (Lipinski definition) is 4. The van der Waals surface area contributed by atoms with Crippen molar-refractivity contribution in [2.45, 2.75) is 19.9 Å². The first-order valence-corrected chi connectivity index (χ1v) is 8.90. The van der Waals surface area contributed by atoms with Crippen molar-refractivity contribution in [3.63, 3.8) is 0 Å². The summed E-state index contributed by atoms with van der Waals surface area (Å²) < 4.78 is 0. The molecule has 3 rings (SSSR count). The van der Waals surface area contributed by atoms with Crippen LogP contribution in [0.3, 0.4) is 0 Å². The van der Waals surface area contributed by atoms with Crippen molar-refractivity contribution in [3.05, 3.63) is 69.8 Å². The van der Waals surface area contributed by atoms with Crippen LogP contribution in [0.5, 0.6) is 0 Å². The molecule has 6 heteroatoms. The van der Waals surface area contributed by atoms with Crippen LogP contribution in [0.15, 0.2) is 48.5 Å². The number of nitrogens with zero attached hydrogens (tertiary/aromatic N) is 2. The van der Waals surface area contributed by atoms with Crippen molar-refractivity contribution in [2.24, 2.45) is 0 Å². The molecule has 0 spiro atoms. The van der Waals surface area contributed by atoms with Gasteiger partial charge < -0.3 is 9.80 Å². The first kappa shape index (κ1) is 18.1. The number of hydrogen-bond donors (Lipinski definition) is 1.